The monoisotopic (exact) mass is 338 g/mol. The van der Waals surface area contributed by atoms with E-state index in [0.717, 1.165) is 6.04 Å². The Bertz CT molecular complexity index is 287. The van der Waals surface area contributed by atoms with Gasteiger partial charge in [-0.1, -0.05) is 71.6 Å². The Balaban J connectivity index is 2.39. The molecule has 1 unspecified atom stereocenters. The molecule has 0 spiro atoms. The van der Waals surface area contributed by atoms with E-state index >= 15 is 0 Å². The van der Waals surface area contributed by atoms with Gasteiger partial charge in [-0.2, -0.15) is 0 Å². The summed E-state index contributed by atoms with van der Waals surface area (Å²) in [7, 11) is 0. The number of rotatable bonds is 12. The smallest absolute Gasteiger partial charge is 0.0126 e. The average Bonchev–Trinajstić information content (AvgIpc) is 2.56. The topological polar surface area (TPSA) is 6.48 Å². The lowest BCUT2D eigenvalue weighted by Crippen LogP contribution is -2.55. The molecule has 1 saturated heterocycles. The van der Waals surface area contributed by atoms with Gasteiger partial charge in [-0.3, -0.25) is 9.80 Å². The summed E-state index contributed by atoms with van der Waals surface area (Å²) >= 11 is 0. The Hall–Kier alpha value is -0.0800. The summed E-state index contributed by atoms with van der Waals surface area (Å²) in [6, 6.07) is 0.852. The lowest BCUT2D eigenvalue weighted by Gasteiger charge is -2.45. The Kier molecular flexibility index (Phi) is 11.3. The molecule has 0 amide bonds. The highest BCUT2D eigenvalue weighted by Gasteiger charge is 2.28. The molecule has 0 bridgehead atoms. The van der Waals surface area contributed by atoms with Crippen LogP contribution in [0.15, 0.2) is 0 Å². The first-order valence-corrected chi connectivity index (χ1v) is 11.0. The molecule has 0 aromatic heterocycles. The van der Waals surface area contributed by atoms with Gasteiger partial charge < -0.3 is 0 Å². The van der Waals surface area contributed by atoms with Gasteiger partial charge in [0.25, 0.3) is 0 Å². The zero-order chi connectivity index (χ0) is 17.8. The third kappa shape index (κ3) is 8.85. The molecule has 1 fully saturated rings. The van der Waals surface area contributed by atoms with Crippen molar-refractivity contribution in [2.24, 2.45) is 0 Å². The van der Waals surface area contributed by atoms with Gasteiger partial charge in [0, 0.05) is 37.8 Å². The molecule has 1 heterocycles. The van der Waals surface area contributed by atoms with Gasteiger partial charge in [-0.25, -0.2) is 0 Å². The van der Waals surface area contributed by atoms with E-state index in [2.05, 4.69) is 44.4 Å². The van der Waals surface area contributed by atoms with Crippen molar-refractivity contribution in [2.75, 3.05) is 26.2 Å². The molecule has 0 radical (unpaired) electrons. The summed E-state index contributed by atoms with van der Waals surface area (Å²) in [4.78, 5) is 5.49. The Labute approximate surface area is 153 Å². The fourth-order valence-corrected chi connectivity index (χ4v) is 4.06. The summed E-state index contributed by atoms with van der Waals surface area (Å²) in [5.74, 6) is 0. The minimum atomic E-state index is 0.336. The van der Waals surface area contributed by atoms with Gasteiger partial charge in [0.1, 0.15) is 0 Å². The Morgan fingerprint density at radius 3 is 1.58 bits per heavy atom. The van der Waals surface area contributed by atoms with Crippen LogP contribution in [0.4, 0.5) is 0 Å². The van der Waals surface area contributed by atoms with Crippen LogP contribution in [0.2, 0.25) is 0 Å². The molecule has 1 aliphatic heterocycles. The maximum atomic E-state index is 2.83. The van der Waals surface area contributed by atoms with Gasteiger partial charge in [-0.05, 0) is 33.6 Å². The quantitative estimate of drug-likeness (QED) is 0.397. The van der Waals surface area contributed by atoms with Gasteiger partial charge in [0.05, 0.1) is 0 Å². The molecule has 144 valence electrons. The molecule has 0 aromatic carbocycles. The van der Waals surface area contributed by atoms with Crippen molar-refractivity contribution in [2.45, 2.75) is 117 Å². The van der Waals surface area contributed by atoms with Crippen LogP contribution in [0.1, 0.15) is 105 Å². The van der Waals surface area contributed by atoms with Gasteiger partial charge in [0.15, 0.2) is 0 Å². The van der Waals surface area contributed by atoms with E-state index < -0.39 is 0 Å². The Morgan fingerprint density at radius 2 is 1.12 bits per heavy atom. The molecular weight excluding hydrogens is 292 g/mol. The molecule has 0 aliphatic carbocycles. The molecule has 1 atom stereocenters. The second-order valence-corrected chi connectivity index (χ2v) is 8.90. The first kappa shape index (κ1) is 22.0. The lowest BCUT2D eigenvalue weighted by molar-refractivity contribution is 0.0368. The predicted octanol–water partition coefficient (Wildman–Crippen LogP) is 6.10. The second kappa shape index (κ2) is 12.3. The highest BCUT2D eigenvalue weighted by Crippen LogP contribution is 2.22. The normalized spacial score (nSPS) is 18.9. The fraction of sp³-hybridized carbons (Fsp3) is 1.00. The van der Waals surface area contributed by atoms with E-state index in [1.807, 2.05) is 0 Å². The van der Waals surface area contributed by atoms with Crippen molar-refractivity contribution in [3.05, 3.63) is 0 Å². The molecule has 24 heavy (non-hydrogen) atoms. The third-order valence-corrected chi connectivity index (χ3v) is 5.81. The first-order chi connectivity index (χ1) is 11.5. The van der Waals surface area contributed by atoms with Crippen molar-refractivity contribution in [3.8, 4) is 0 Å². The molecule has 0 saturated carbocycles. The van der Waals surface area contributed by atoms with Crippen molar-refractivity contribution < 1.29 is 0 Å². The van der Waals surface area contributed by atoms with Crippen LogP contribution in [0, 0.1) is 0 Å². The molecule has 1 rings (SSSR count). The number of unbranched alkanes of at least 4 members (excludes halogenated alkanes) is 7. The van der Waals surface area contributed by atoms with E-state index in [9.17, 15) is 0 Å². The maximum Gasteiger partial charge on any atom is 0.0126 e. The van der Waals surface area contributed by atoms with E-state index in [0.29, 0.717) is 5.54 Å². The third-order valence-electron chi connectivity index (χ3n) is 5.81. The Morgan fingerprint density at radius 1 is 0.667 bits per heavy atom. The number of hydrogen-bond acceptors (Lipinski definition) is 2. The number of hydrogen-bond donors (Lipinski definition) is 0. The summed E-state index contributed by atoms with van der Waals surface area (Å²) in [6.45, 7) is 16.8. The average molecular weight is 339 g/mol. The second-order valence-electron chi connectivity index (χ2n) is 8.90. The van der Waals surface area contributed by atoms with Gasteiger partial charge in [-0.15, -0.1) is 0 Å². The van der Waals surface area contributed by atoms with Crippen LogP contribution in [0.3, 0.4) is 0 Å². The largest absolute Gasteiger partial charge is 0.298 e. The zero-order valence-corrected chi connectivity index (χ0v) is 17.6. The van der Waals surface area contributed by atoms with E-state index in [1.54, 1.807) is 0 Å². The zero-order valence-electron chi connectivity index (χ0n) is 17.6. The minimum absolute atomic E-state index is 0.336. The van der Waals surface area contributed by atoms with Crippen molar-refractivity contribution in [3.63, 3.8) is 0 Å². The van der Waals surface area contributed by atoms with Crippen LogP contribution in [-0.4, -0.2) is 47.6 Å². The summed E-state index contributed by atoms with van der Waals surface area (Å²) in [5, 5.41) is 0. The highest BCUT2D eigenvalue weighted by atomic mass is 15.3. The van der Waals surface area contributed by atoms with Crippen LogP contribution >= 0.6 is 0 Å². The summed E-state index contributed by atoms with van der Waals surface area (Å²) in [5.41, 5.74) is 0.336. The van der Waals surface area contributed by atoms with Gasteiger partial charge in [0.2, 0.25) is 0 Å². The number of piperazine rings is 1. The highest BCUT2D eigenvalue weighted by molar-refractivity contribution is 4.84. The molecular formula is C22H46N2. The molecule has 0 aromatic rings. The van der Waals surface area contributed by atoms with Crippen LogP contribution in [0.25, 0.3) is 0 Å². The van der Waals surface area contributed by atoms with Crippen molar-refractivity contribution in [1.29, 1.82) is 0 Å². The molecule has 2 nitrogen and oxygen atoms in total. The standard InChI is InChI=1S/C22H46N2/c1-6-8-10-12-14-16-21(15-13-11-9-7-2)23-17-19-24(20-18-23)22(3,4)5/h21H,6-20H2,1-5H3. The fourth-order valence-electron chi connectivity index (χ4n) is 4.06. The molecule has 0 N–H and O–H groups in total. The predicted molar refractivity (Wildman–Crippen MR) is 109 cm³/mol. The molecule has 2 heteroatoms. The van der Waals surface area contributed by atoms with Crippen LogP contribution in [-0.2, 0) is 0 Å². The SMILES string of the molecule is CCCCCCCC(CCCCCC)N1CCN(C(C)(C)C)CC1. The maximum absolute atomic E-state index is 2.83. The molecule has 1 aliphatic rings. The van der Waals surface area contributed by atoms with Crippen molar-refractivity contribution >= 4 is 0 Å². The van der Waals surface area contributed by atoms with E-state index in [1.165, 1.54) is 96.8 Å². The summed E-state index contributed by atoms with van der Waals surface area (Å²) in [6.07, 6.45) is 15.6. The van der Waals surface area contributed by atoms with E-state index in [4.69, 9.17) is 0 Å². The summed E-state index contributed by atoms with van der Waals surface area (Å²) < 4.78 is 0. The van der Waals surface area contributed by atoms with Crippen molar-refractivity contribution in [1.82, 2.24) is 9.80 Å². The van der Waals surface area contributed by atoms with E-state index in [-0.39, 0.29) is 0 Å². The van der Waals surface area contributed by atoms with Crippen LogP contribution < -0.4 is 0 Å². The first-order valence-electron chi connectivity index (χ1n) is 11.0. The minimum Gasteiger partial charge on any atom is -0.298 e. The van der Waals surface area contributed by atoms with Gasteiger partial charge >= 0.3 is 0 Å². The number of nitrogens with zero attached hydrogens (tertiary/aromatic N) is 2. The van der Waals surface area contributed by atoms with Crippen LogP contribution in [0.5, 0.6) is 0 Å². The lowest BCUT2D eigenvalue weighted by atomic mass is 9.98.